The lowest BCUT2D eigenvalue weighted by atomic mass is 9.97. The van der Waals surface area contributed by atoms with Gasteiger partial charge in [0.25, 0.3) is 0 Å². The van der Waals surface area contributed by atoms with Gasteiger partial charge in [-0.25, -0.2) is 0 Å². The first-order valence-electron chi connectivity index (χ1n) is 10.5. The van der Waals surface area contributed by atoms with Gasteiger partial charge in [-0.05, 0) is 29.8 Å². The number of hydrogen-bond acceptors (Lipinski definition) is 8. The zero-order valence-electron chi connectivity index (χ0n) is 17.1. The molecule has 32 heavy (non-hydrogen) atoms. The standard InChI is InChI=1S/C22H21BrN4O4S/c23-15-4-1-3-14(13-15)17(26-8-6-22(7-9-26)30-11-12-31-22)18-20(28)27-21(32-18)24-19(25-27)16-5-2-10-29-16/h1-5,10,13,17,28H,6-9,11-12H2. The molecular weight excluding hydrogens is 496 g/mol. The molecule has 0 saturated carbocycles. The van der Waals surface area contributed by atoms with Crippen molar-refractivity contribution in [3.05, 3.63) is 57.6 Å². The maximum Gasteiger partial charge on any atom is 0.230 e. The van der Waals surface area contributed by atoms with Gasteiger partial charge in [-0.2, -0.15) is 9.50 Å². The summed E-state index contributed by atoms with van der Waals surface area (Å²) in [7, 11) is 0. The Hall–Kier alpha value is -2.24. The predicted octanol–water partition coefficient (Wildman–Crippen LogP) is 4.45. The third-order valence-electron chi connectivity index (χ3n) is 6.09. The number of benzene rings is 1. The monoisotopic (exact) mass is 516 g/mol. The molecule has 166 valence electrons. The molecule has 10 heteroatoms. The van der Waals surface area contributed by atoms with Gasteiger partial charge in [-0.15, -0.1) is 5.10 Å². The van der Waals surface area contributed by atoms with Gasteiger partial charge in [-0.3, -0.25) is 4.90 Å². The summed E-state index contributed by atoms with van der Waals surface area (Å²) in [5, 5.41) is 15.7. The quantitative estimate of drug-likeness (QED) is 0.428. The molecule has 0 amide bonds. The van der Waals surface area contributed by atoms with Gasteiger partial charge in [0.05, 0.1) is 30.4 Å². The average molecular weight is 517 g/mol. The lowest BCUT2D eigenvalue weighted by Crippen LogP contribution is -2.46. The first kappa shape index (κ1) is 20.4. The number of likely N-dealkylation sites (tertiary alicyclic amines) is 1. The molecular formula is C22H21BrN4O4S. The second-order valence-electron chi connectivity index (χ2n) is 8.00. The molecule has 2 aliphatic rings. The van der Waals surface area contributed by atoms with Crippen molar-refractivity contribution in [3.63, 3.8) is 0 Å². The van der Waals surface area contributed by atoms with Gasteiger partial charge in [0.15, 0.2) is 11.5 Å². The molecule has 1 atom stereocenters. The summed E-state index contributed by atoms with van der Waals surface area (Å²) in [6.45, 7) is 2.90. The molecule has 0 bridgehead atoms. The lowest BCUT2D eigenvalue weighted by molar-refractivity contribution is -0.187. The van der Waals surface area contributed by atoms with Crippen LogP contribution in [0.5, 0.6) is 5.88 Å². The zero-order chi connectivity index (χ0) is 21.7. The van der Waals surface area contributed by atoms with Crippen LogP contribution in [-0.4, -0.2) is 56.7 Å². The van der Waals surface area contributed by atoms with Crippen LogP contribution in [0.4, 0.5) is 0 Å². The van der Waals surface area contributed by atoms with Gasteiger partial charge in [0, 0.05) is 30.4 Å². The SMILES string of the molecule is Oc1c(C(c2cccc(Br)c2)N2CCC3(CC2)OCCO3)sc2nc(-c3ccco3)nn12. The molecule has 3 aromatic heterocycles. The largest absolute Gasteiger partial charge is 0.492 e. The number of piperidine rings is 1. The Bertz CT molecular complexity index is 1240. The van der Waals surface area contributed by atoms with Crippen LogP contribution in [0.3, 0.4) is 0 Å². The Morgan fingerprint density at radius 2 is 1.94 bits per heavy atom. The highest BCUT2D eigenvalue weighted by atomic mass is 79.9. The van der Waals surface area contributed by atoms with Crippen LogP contribution >= 0.6 is 27.3 Å². The number of furan rings is 1. The van der Waals surface area contributed by atoms with Crippen LogP contribution in [-0.2, 0) is 9.47 Å². The number of ether oxygens (including phenoxy) is 2. The molecule has 5 heterocycles. The van der Waals surface area contributed by atoms with Crippen molar-refractivity contribution in [1.29, 1.82) is 0 Å². The number of hydrogen-bond donors (Lipinski definition) is 1. The van der Waals surface area contributed by atoms with Crippen molar-refractivity contribution in [2.45, 2.75) is 24.7 Å². The minimum atomic E-state index is -0.454. The minimum absolute atomic E-state index is 0.105. The molecule has 2 saturated heterocycles. The van der Waals surface area contributed by atoms with Gasteiger partial charge in [-0.1, -0.05) is 39.4 Å². The highest BCUT2D eigenvalue weighted by Crippen LogP contribution is 2.43. The summed E-state index contributed by atoms with van der Waals surface area (Å²) in [5.74, 6) is 0.680. The zero-order valence-corrected chi connectivity index (χ0v) is 19.5. The first-order valence-corrected chi connectivity index (χ1v) is 12.1. The summed E-state index contributed by atoms with van der Waals surface area (Å²) in [6.07, 6.45) is 3.17. The number of nitrogens with zero attached hydrogens (tertiary/aromatic N) is 4. The highest BCUT2D eigenvalue weighted by Gasteiger charge is 2.42. The van der Waals surface area contributed by atoms with Crippen LogP contribution in [0, 0.1) is 0 Å². The normalized spacial score (nSPS) is 19.8. The van der Waals surface area contributed by atoms with Crippen LogP contribution in [0.1, 0.15) is 29.3 Å². The molecule has 2 aliphatic heterocycles. The van der Waals surface area contributed by atoms with E-state index in [1.54, 1.807) is 18.4 Å². The Morgan fingerprint density at radius 3 is 2.62 bits per heavy atom. The molecule has 8 nitrogen and oxygen atoms in total. The fourth-order valence-corrected chi connectivity index (χ4v) is 6.09. The molecule has 6 rings (SSSR count). The first-order chi connectivity index (χ1) is 15.6. The van der Waals surface area contributed by atoms with E-state index in [4.69, 9.17) is 13.9 Å². The number of halogens is 1. The van der Waals surface area contributed by atoms with Crippen LogP contribution in [0.2, 0.25) is 0 Å². The van der Waals surface area contributed by atoms with E-state index in [-0.39, 0.29) is 11.9 Å². The van der Waals surface area contributed by atoms with Gasteiger partial charge in [0.1, 0.15) is 0 Å². The van der Waals surface area contributed by atoms with E-state index in [0.717, 1.165) is 40.8 Å². The lowest BCUT2D eigenvalue weighted by Gasteiger charge is -2.41. The number of thiazole rings is 1. The second kappa shape index (κ2) is 7.96. The summed E-state index contributed by atoms with van der Waals surface area (Å²) >= 11 is 5.04. The van der Waals surface area contributed by atoms with Gasteiger partial charge >= 0.3 is 0 Å². The Morgan fingerprint density at radius 1 is 1.12 bits per heavy atom. The Kier molecular flexibility index (Phi) is 5.07. The maximum atomic E-state index is 11.2. The van der Waals surface area contributed by atoms with E-state index in [1.165, 1.54) is 15.9 Å². The van der Waals surface area contributed by atoms with Crippen molar-refractivity contribution in [2.75, 3.05) is 26.3 Å². The maximum absolute atomic E-state index is 11.2. The molecule has 4 aromatic rings. The van der Waals surface area contributed by atoms with Crippen LogP contribution in [0.15, 0.2) is 51.6 Å². The molecule has 0 radical (unpaired) electrons. The van der Waals surface area contributed by atoms with Gasteiger partial charge in [0.2, 0.25) is 16.7 Å². The molecule has 0 aliphatic carbocycles. The van der Waals surface area contributed by atoms with Crippen molar-refractivity contribution in [2.24, 2.45) is 0 Å². The summed E-state index contributed by atoms with van der Waals surface area (Å²) in [4.78, 5) is 8.39. The van der Waals surface area contributed by atoms with Crippen molar-refractivity contribution >= 4 is 32.2 Å². The van der Waals surface area contributed by atoms with Crippen molar-refractivity contribution < 1.29 is 19.0 Å². The minimum Gasteiger partial charge on any atom is -0.492 e. The van der Waals surface area contributed by atoms with E-state index in [9.17, 15) is 5.11 Å². The van der Waals surface area contributed by atoms with Crippen molar-refractivity contribution in [1.82, 2.24) is 19.5 Å². The van der Waals surface area contributed by atoms with E-state index in [2.05, 4.69) is 43.0 Å². The predicted molar refractivity (Wildman–Crippen MR) is 122 cm³/mol. The van der Waals surface area contributed by atoms with E-state index in [0.29, 0.717) is 29.8 Å². The smallest absolute Gasteiger partial charge is 0.230 e. The highest BCUT2D eigenvalue weighted by molar-refractivity contribution is 9.10. The number of rotatable bonds is 4. The number of aromatic hydroxyl groups is 1. The fourth-order valence-electron chi connectivity index (χ4n) is 4.55. The average Bonchev–Trinajstić information content (AvgIpc) is 3.58. The van der Waals surface area contributed by atoms with Crippen molar-refractivity contribution in [3.8, 4) is 17.5 Å². The molecule has 2 fully saturated rings. The molecule has 1 N–H and O–H groups in total. The van der Waals surface area contributed by atoms with E-state index < -0.39 is 5.79 Å². The summed E-state index contributed by atoms with van der Waals surface area (Å²) in [6, 6.07) is 11.7. The summed E-state index contributed by atoms with van der Waals surface area (Å²) < 4.78 is 19.7. The molecule has 1 spiro atoms. The number of aromatic nitrogens is 3. The Balaban J connectivity index is 1.38. The topological polar surface area (TPSA) is 85.3 Å². The second-order valence-corrected chi connectivity index (χ2v) is 9.92. The molecule has 1 unspecified atom stereocenters. The summed E-state index contributed by atoms with van der Waals surface area (Å²) in [5.41, 5.74) is 1.09. The van der Waals surface area contributed by atoms with E-state index >= 15 is 0 Å². The fraction of sp³-hybridized carbons (Fsp3) is 0.364. The third-order valence-corrected chi connectivity index (χ3v) is 7.66. The van der Waals surface area contributed by atoms with Crippen LogP contribution < -0.4 is 0 Å². The Labute approximate surface area is 196 Å². The van der Waals surface area contributed by atoms with E-state index in [1.807, 2.05) is 12.1 Å². The number of fused-ring (bicyclic) bond motifs is 1. The molecule has 1 aromatic carbocycles. The third kappa shape index (κ3) is 3.46. The van der Waals surface area contributed by atoms with Gasteiger partial charge < -0.3 is 19.0 Å². The van der Waals surface area contributed by atoms with Crippen LogP contribution in [0.25, 0.3) is 16.5 Å².